The number of likely N-dealkylation sites (N-methyl/N-ethyl adjacent to an activating group) is 1. The second-order valence-corrected chi connectivity index (χ2v) is 6.73. The summed E-state index contributed by atoms with van der Waals surface area (Å²) in [5.74, 6) is -0.0166. The minimum Gasteiger partial charge on any atom is -0.327 e. The average Bonchev–Trinajstić information content (AvgIpc) is 3.03. The quantitative estimate of drug-likeness (QED) is 0.927. The zero-order chi connectivity index (χ0) is 18.3. The van der Waals surface area contributed by atoms with Gasteiger partial charge in [-0.15, -0.1) is 0 Å². The Morgan fingerprint density at radius 3 is 2.27 bits per heavy atom. The van der Waals surface area contributed by atoms with Crippen LogP contribution >= 0.6 is 0 Å². The monoisotopic (exact) mass is 347 g/mol. The molecule has 0 aliphatic carbocycles. The molecule has 0 bridgehead atoms. The summed E-state index contributed by atoms with van der Waals surface area (Å²) < 4.78 is 0. The fourth-order valence-electron chi connectivity index (χ4n) is 3.71. The molecule has 2 aliphatic heterocycles. The first-order valence-electron chi connectivity index (χ1n) is 8.76. The molecule has 3 amide bonds. The van der Waals surface area contributed by atoms with Crippen LogP contribution in [0.5, 0.6) is 0 Å². The van der Waals surface area contributed by atoms with Crippen LogP contribution in [0.15, 0.2) is 71.9 Å². The van der Waals surface area contributed by atoms with E-state index in [0.717, 1.165) is 16.8 Å². The Balaban J connectivity index is 1.71. The van der Waals surface area contributed by atoms with Gasteiger partial charge in [-0.2, -0.15) is 0 Å². The highest BCUT2D eigenvalue weighted by Crippen LogP contribution is 2.38. The first-order valence-corrected chi connectivity index (χ1v) is 8.76. The van der Waals surface area contributed by atoms with E-state index in [2.05, 4.69) is 5.32 Å². The van der Waals surface area contributed by atoms with Crippen molar-refractivity contribution in [3.63, 3.8) is 0 Å². The van der Waals surface area contributed by atoms with Crippen molar-refractivity contribution in [3.05, 3.63) is 83.1 Å². The van der Waals surface area contributed by atoms with Crippen molar-refractivity contribution in [1.82, 2.24) is 15.1 Å². The molecule has 0 radical (unpaired) electrons. The van der Waals surface area contributed by atoms with E-state index in [-0.39, 0.29) is 18.0 Å². The van der Waals surface area contributed by atoms with Crippen molar-refractivity contribution in [2.24, 2.45) is 0 Å². The summed E-state index contributed by atoms with van der Waals surface area (Å²) >= 11 is 0. The molecule has 5 nitrogen and oxygen atoms in total. The minimum absolute atomic E-state index is 0.0166. The second kappa shape index (κ2) is 6.33. The Labute approximate surface area is 152 Å². The van der Waals surface area contributed by atoms with E-state index in [1.807, 2.05) is 72.5 Å². The highest BCUT2D eigenvalue weighted by molar-refractivity contribution is 6.01. The van der Waals surface area contributed by atoms with Gasteiger partial charge >= 0.3 is 6.03 Å². The van der Waals surface area contributed by atoms with Gasteiger partial charge in [0, 0.05) is 7.05 Å². The Morgan fingerprint density at radius 1 is 1.00 bits per heavy atom. The smallest absolute Gasteiger partial charge is 0.322 e. The van der Waals surface area contributed by atoms with E-state index >= 15 is 0 Å². The van der Waals surface area contributed by atoms with Gasteiger partial charge in [-0.25, -0.2) is 4.79 Å². The van der Waals surface area contributed by atoms with Crippen LogP contribution in [-0.2, 0) is 4.79 Å². The molecule has 1 N–H and O–H groups in total. The van der Waals surface area contributed by atoms with Crippen molar-refractivity contribution in [2.75, 3.05) is 13.6 Å². The molecular weight excluding hydrogens is 326 g/mol. The largest absolute Gasteiger partial charge is 0.327 e. The van der Waals surface area contributed by atoms with Crippen LogP contribution in [0.4, 0.5) is 4.79 Å². The molecule has 2 aromatic rings. The second-order valence-electron chi connectivity index (χ2n) is 6.73. The summed E-state index contributed by atoms with van der Waals surface area (Å²) in [7, 11) is 1.72. The third-order valence-corrected chi connectivity index (χ3v) is 5.27. The van der Waals surface area contributed by atoms with Gasteiger partial charge in [-0.1, -0.05) is 60.7 Å². The maximum atomic E-state index is 13.3. The van der Waals surface area contributed by atoms with Crippen LogP contribution in [0.25, 0.3) is 0 Å². The molecule has 0 saturated carbocycles. The number of urea groups is 1. The summed E-state index contributed by atoms with van der Waals surface area (Å²) in [5, 5.41) is 2.97. The van der Waals surface area contributed by atoms with Crippen molar-refractivity contribution in [3.8, 4) is 0 Å². The molecule has 0 spiro atoms. The van der Waals surface area contributed by atoms with Gasteiger partial charge in [0.1, 0.15) is 0 Å². The van der Waals surface area contributed by atoms with Crippen molar-refractivity contribution >= 4 is 11.9 Å². The van der Waals surface area contributed by atoms with E-state index in [1.54, 1.807) is 11.9 Å². The molecule has 4 rings (SSSR count). The number of benzene rings is 2. The SMILES string of the molecule is C[C@H](c1ccccc1)N1CC2=C(C1=O)[C@H](c1ccccc1)NC(=O)N2C. The minimum atomic E-state index is -0.407. The maximum absolute atomic E-state index is 13.3. The lowest BCUT2D eigenvalue weighted by molar-refractivity contribution is -0.127. The van der Waals surface area contributed by atoms with E-state index in [9.17, 15) is 9.59 Å². The van der Waals surface area contributed by atoms with Crippen molar-refractivity contribution < 1.29 is 9.59 Å². The highest BCUT2D eigenvalue weighted by atomic mass is 16.2. The molecule has 2 aromatic carbocycles. The first kappa shape index (κ1) is 16.4. The summed E-state index contributed by atoms with van der Waals surface area (Å²) in [5.41, 5.74) is 3.46. The van der Waals surface area contributed by atoms with Crippen LogP contribution in [0.1, 0.15) is 30.1 Å². The number of hydrogen-bond donors (Lipinski definition) is 1. The first-order chi connectivity index (χ1) is 12.6. The zero-order valence-electron chi connectivity index (χ0n) is 14.8. The number of carbonyl (C=O) groups excluding carboxylic acids is 2. The molecular formula is C21H21N3O2. The standard InChI is InChI=1S/C21H21N3O2/c1-14(15-9-5-3-6-10-15)24-13-17-18(20(24)25)19(22-21(26)23(17)2)16-11-7-4-8-12-16/h3-12,14,19H,13H2,1-2H3,(H,22,26)/t14-,19+/m1/s1. The molecule has 2 heterocycles. The molecule has 5 heteroatoms. The molecule has 2 aliphatic rings. The third kappa shape index (κ3) is 2.56. The molecule has 2 atom stereocenters. The topological polar surface area (TPSA) is 52.7 Å². The van der Waals surface area contributed by atoms with Crippen LogP contribution in [0, 0.1) is 0 Å². The van der Waals surface area contributed by atoms with Crippen LogP contribution in [0.3, 0.4) is 0 Å². The van der Waals surface area contributed by atoms with Gasteiger partial charge < -0.3 is 10.2 Å². The zero-order valence-corrected chi connectivity index (χ0v) is 14.8. The summed E-state index contributed by atoms with van der Waals surface area (Å²) in [4.78, 5) is 29.1. The number of nitrogens with one attached hydrogen (secondary N) is 1. The number of rotatable bonds is 3. The average molecular weight is 347 g/mol. The summed E-state index contributed by atoms with van der Waals surface area (Å²) in [6.45, 7) is 2.47. The van der Waals surface area contributed by atoms with E-state index < -0.39 is 6.04 Å². The van der Waals surface area contributed by atoms with Crippen molar-refractivity contribution in [1.29, 1.82) is 0 Å². The van der Waals surface area contributed by atoms with Crippen molar-refractivity contribution in [2.45, 2.75) is 19.0 Å². The fraction of sp³-hybridized carbons (Fsp3) is 0.238. The van der Waals surface area contributed by atoms with Gasteiger partial charge in [-0.3, -0.25) is 9.69 Å². The van der Waals surface area contributed by atoms with Gasteiger partial charge in [0.2, 0.25) is 0 Å². The molecule has 0 saturated heterocycles. The molecule has 132 valence electrons. The van der Waals surface area contributed by atoms with E-state index in [1.165, 1.54) is 0 Å². The van der Waals surface area contributed by atoms with Crippen LogP contribution in [0.2, 0.25) is 0 Å². The lowest BCUT2D eigenvalue weighted by Gasteiger charge is -2.31. The number of hydrogen-bond acceptors (Lipinski definition) is 2. The molecule has 0 unspecified atom stereocenters. The van der Waals surface area contributed by atoms with E-state index in [4.69, 9.17) is 0 Å². The predicted octanol–water partition coefficient (Wildman–Crippen LogP) is 3.24. The van der Waals surface area contributed by atoms with Gasteiger partial charge in [-0.05, 0) is 18.1 Å². The normalized spacial score (nSPS) is 20.9. The third-order valence-electron chi connectivity index (χ3n) is 5.27. The lowest BCUT2D eigenvalue weighted by Crippen LogP contribution is -2.45. The van der Waals surface area contributed by atoms with Gasteiger partial charge in [0.05, 0.1) is 29.9 Å². The Hall–Kier alpha value is -3.08. The number of carbonyl (C=O) groups is 2. The Kier molecular flexibility index (Phi) is 3.99. The van der Waals surface area contributed by atoms with Crippen LogP contribution in [-0.4, -0.2) is 35.3 Å². The number of amides is 3. The highest BCUT2D eigenvalue weighted by Gasteiger charge is 2.44. The Bertz CT molecular complexity index is 877. The molecule has 0 fully saturated rings. The van der Waals surface area contributed by atoms with Gasteiger partial charge in [0.25, 0.3) is 5.91 Å². The maximum Gasteiger partial charge on any atom is 0.322 e. The summed E-state index contributed by atoms with van der Waals surface area (Å²) in [6, 6.07) is 19.0. The van der Waals surface area contributed by atoms with Crippen LogP contribution < -0.4 is 5.32 Å². The summed E-state index contributed by atoms with van der Waals surface area (Å²) in [6.07, 6.45) is 0. The predicted molar refractivity (Wildman–Crippen MR) is 99.1 cm³/mol. The van der Waals surface area contributed by atoms with Gasteiger partial charge in [0.15, 0.2) is 0 Å². The molecule has 26 heavy (non-hydrogen) atoms. The number of nitrogens with zero attached hydrogens (tertiary/aromatic N) is 2. The Morgan fingerprint density at radius 2 is 1.62 bits per heavy atom. The lowest BCUT2D eigenvalue weighted by atomic mass is 9.96. The molecule has 0 aromatic heterocycles. The fourth-order valence-corrected chi connectivity index (χ4v) is 3.71. The van der Waals surface area contributed by atoms with E-state index in [0.29, 0.717) is 12.1 Å².